The molecule has 0 atom stereocenters. The van der Waals surface area contributed by atoms with Gasteiger partial charge < -0.3 is 0 Å². The lowest BCUT2D eigenvalue weighted by Gasteiger charge is -2.03. The molecule has 0 aliphatic rings. The second kappa shape index (κ2) is 19.4. The summed E-state index contributed by atoms with van der Waals surface area (Å²) in [6.07, 6.45) is 22.6. The first-order chi connectivity index (χ1) is 12.2. The first kappa shape index (κ1) is 24.1. The minimum Gasteiger partial charge on any atom is -0.292 e. The molecule has 0 heterocycles. The minimum atomic E-state index is -0.532. The summed E-state index contributed by atoms with van der Waals surface area (Å²) < 4.78 is 0. The molecule has 0 aromatic rings. The van der Waals surface area contributed by atoms with Gasteiger partial charge in [-0.2, -0.15) is 0 Å². The smallest absolute Gasteiger partial charge is 0.261 e. The molecule has 148 valence electrons. The second-order valence-electron chi connectivity index (χ2n) is 7.44. The van der Waals surface area contributed by atoms with Crippen molar-refractivity contribution in [3.8, 4) is 0 Å². The van der Waals surface area contributed by atoms with E-state index in [1.54, 1.807) is 0 Å². The van der Waals surface area contributed by atoms with E-state index < -0.39 is 11.5 Å². The zero-order valence-corrected chi connectivity index (χ0v) is 16.6. The van der Waals surface area contributed by atoms with E-state index in [0.29, 0.717) is 6.42 Å². The molecule has 0 aliphatic heterocycles. The molecule has 0 N–H and O–H groups in total. The van der Waals surface area contributed by atoms with Gasteiger partial charge in [0.2, 0.25) is 5.78 Å². The molecule has 4 heteroatoms. The maximum Gasteiger partial charge on any atom is 0.261 e. The van der Waals surface area contributed by atoms with Crippen LogP contribution in [-0.4, -0.2) is 17.3 Å². The summed E-state index contributed by atoms with van der Waals surface area (Å²) in [5.41, 5.74) is 0. The van der Waals surface area contributed by atoms with Crippen molar-refractivity contribution in [1.82, 2.24) is 0 Å². The normalized spacial score (nSPS) is 10.9. The number of carbonyl (C=O) groups excluding carboxylic acids is 1. The number of nitro groups is 1. The quantitative estimate of drug-likeness (QED) is 0.136. The average Bonchev–Trinajstić information content (AvgIpc) is 2.57. The van der Waals surface area contributed by atoms with Crippen LogP contribution in [0.4, 0.5) is 0 Å². The van der Waals surface area contributed by atoms with Crippen molar-refractivity contribution in [2.75, 3.05) is 6.54 Å². The number of carbonyl (C=O) groups is 1. The third-order valence-electron chi connectivity index (χ3n) is 4.86. The Morgan fingerprint density at radius 3 is 1.28 bits per heavy atom. The topological polar surface area (TPSA) is 60.2 Å². The molecule has 0 aromatic heterocycles. The van der Waals surface area contributed by atoms with Crippen molar-refractivity contribution >= 4 is 5.78 Å². The molecular weight excluding hydrogens is 314 g/mol. The Labute approximate surface area is 155 Å². The van der Waals surface area contributed by atoms with Crippen LogP contribution in [0, 0.1) is 10.1 Å². The van der Waals surface area contributed by atoms with Crippen molar-refractivity contribution in [3.05, 3.63) is 10.1 Å². The monoisotopic (exact) mass is 355 g/mol. The molecule has 0 unspecified atom stereocenters. The highest BCUT2D eigenvalue weighted by Gasteiger charge is 2.08. The predicted molar refractivity (Wildman–Crippen MR) is 106 cm³/mol. The lowest BCUT2D eigenvalue weighted by Crippen LogP contribution is -2.12. The Hall–Kier alpha value is -0.930. The second-order valence-corrected chi connectivity index (χ2v) is 7.44. The van der Waals surface area contributed by atoms with Crippen LogP contribution < -0.4 is 0 Å². The van der Waals surface area contributed by atoms with Gasteiger partial charge >= 0.3 is 0 Å². The summed E-state index contributed by atoms with van der Waals surface area (Å²) in [7, 11) is 0. The molecule has 0 aliphatic carbocycles. The first-order valence-electron chi connectivity index (χ1n) is 10.8. The van der Waals surface area contributed by atoms with E-state index >= 15 is 0 Å². The fourth-order valence-electron chi connectivity index (χ4n) is 3.27. The first-order valence-corrected chi connectivity index (χ1v) is 10.8. The summed E-state index contributed by atoms with van der Waals surface area (Å²) in [5.74, 6) is -0.231. The number of nitrogens with zero attached hydrogens (tertiary/aromatic N) is 1. The van der Waals surface area contributed by atoms with Crippen LogP contribution in [0.1, 0.15) is 122 Å². The largest absolute Gasteiger partial charge is 0.292 e. The third-order valence-corrected chi connectivity index (χ3v) is 4.86. The molecule has 0 rings (SSSR count). The Kier molecular flexibility index (Phi) is 18.7. The maximum atomic E-state index is 11.2. The fraction of sp³-hybridized carbons (Fsp3) is 0.952. The number of Topliss-reactive ketones (excluding diaryl/α,β-unsaturated/α-hetero) is 1. The average molecular weight is 356 g/mol. The Bertz CT molecular complexity index is 318. The highest BCUT2D eigenvalue weighted by Crippen LogP contribution is 2.14. The molecule has 0 spiro atoms. The van der Waals surface area contributed by atoms with E-state index in [1.165, 1.54) is 89.9 Å². The molecule has 0 amide bonds. The lowest BCUT2D eigenvalue weighted by molar-refractivity contribution is -0.467. The van der Waals surface area contributed by atoms with Gasteiger partial charge in [0.1, 0.15) is 0 Å². The van der Waals surface area contributed by atoms with Crippen LogP contribution in [0.2, 0.25) is 0 Å². The van der Waals surface area contributed by atoms with E-state index in [2.05, 4.69) is 6.92 Å². The van der Waals surface area contributed by atoms with Crippen LogP contribution in [0.25, 0.3) is 0 Å². The van der Waals surface area contributed by atoms with Gasteiger partial charge in [-0.1, -0.05) is 110 Å². The van der Waals surface area contributed by atoms with E-state index in [9.17, 15) is 14.9 Å². The predicted octanol–water partition coefficient (Wildman–Crippen LogP) is 6.87. The summed E-state index contributed by atoms with van der Waals surface area (Å²) in [6, 6.07) is 0. The van der Waals surface area contributed by atoms with Crippen molar-refractivity contribution in [3.63, 3.8) is 0 Å². The Morgan fingerprint density at radius 2 is 0.960 bits per heavy atom. The molecule has 25 heavy (non-hydrogen) atoms. The molecule has 0 saturated carbocycles. The van der Waals surface area contributed by atoms with Gasteiger partial charge in [0.25, 0.3) is 6.54 Å². The zero-order chi connectivity index (χ0) is 18.6. The van der Waals surface area contributed by atoms with Gasteiger partial charge in [-0.3, -0.25) is 14.9 Å². The molecular formula is C21H41NO3. The zero-order valence-electron chi connectivity index (χ0n) is 16.6. The number of rotatable bonds is 20. The molecule has 4 nitrogen and oxygen atoms in total. The third kappa shape index (κ3) is 21.0. The van der Waals surface area contributed by atoms with E-state index in [-0.39, 0.29) is 5.78 Å². The van der Waals surface area contributed by atoms with Gasteiger partial charge in [0, 0.05) is 11.3 Å². The summed E-state index contributed by atoms with van der Waals surface area (Å²) in [5, 5.41) is 10.2. The van der Waals surface area contributed by atoms with Gasteiger partial charge in [0.05, 0.1) is 0 Å². The van der Waals surface area contributed by atoms with Crippen molar-refractivity contribution in [1.29, 1.82) is 0 Å². The number of hydrogen-bond acceptors (Lipinski definition) is 3. The van der Waals surface area contributed by atoms with E-state index in [0.717, 1.165) is 19.3 Å². The lowest BCUT2D eigenvalue weighted by atomic mass is 10.0. The van der Waals surface area contributed by atoms with Gasteiger partial charge in [-0.05, 0) is 6.42 Å². The molecule has 0 radical (unpaired) electrons. The van der Waals surface area contributed by atoms with Crippen molar-refractivity contribution < 1.29 is 9.72 Å². The minimum absolute atomic E-state index is 0.231. The highest BCUT2D eigenvalue weighted by atomic mass is 16.6. The van der Waals surface area contributed by atoms with Gasteiger partial charge in [0.15, 0.2) is 0 Å². The van der Waals surface area contributed by atoms with Crippen LogP contribution in [-0.2, 0) is 4.79 Å². The van der Waals surface area contributed by atoms with E-state index in [1.807, 2.05) is 0 Å². The van der Waals surface area contributed by atoms with E-state index in [4.69, 9.17) is 0 Å². The van der Waals surface area contributed by atoms with Crippen LogP contribution >= 0.6 is 0 Å². The van der Waals surface area contributed by atoms with Crippen LogP contribution in [0.15, 0.2) is 0 Å². The Balaban J connectivity index is 3.07. The molecule has 0 fully saturated rings. The molecule has 0 aromatic carbocycles. The van der Waals surface area contributed by atoms with Crippen molar-refractivity contribution in [2.45, 2.75) is 122 Å². The molecule has 0 bridgehead atoms. The standard InChI is InChI=1S/C21H41NO3/c1-2-3-4-5-6-7-8-9-10-11-12-13-14-15-16-17-18-19-21(23)20-22(24)25/h2-20H2,1H3. The van der Waals surface area contributed by atoms with Crippen LogP contribution in [0.3, 0.4) is 0 Å². The molecule has 0 saturated heterocycles. The fourth-order valence-corrected chi connectivity index (χ4v) is 3.27. The van der Waals surface area contributed by atoms with Crippen LogP contribution in [0.5, 0.6) is 0 Å². The van der Waals surface area contributed by atoms with Gasteiger partial charge in [-0.25, -0.2) is 0 Å². The maximum absolute atomic E-state index is 11.2. The SMILES string of the molecule is CCCCCCCCCCCCCCCCCCCC(=O)C[N+](=O)[O-]. The Morgan fingerprint density at radius 1 is 0.640 bits per heavy atom. The number of unbranched alkanes of at least 4 members (excludes halogenated alkanes) is 16. The number of hydrogen-bond donors (Lipinski definition) is 0. The summed E-state index contributed by atoms with van der Waals surface area (Å²) in [4.78, 5) is 20.8. The van der Waals surface area contributed by atoms with Gasteiger partial charge in [-0.15, -0.1) is 0 Å². The highest BCUT2D eigenvalue weighted by molar-refractivity contribution is 5.79. The summed E-state index contributed by atoms with van der Waals surface area (Å²) in [6.45, 7) is 1.77. The number of ketones is 1. The summed E-state index contributed by atoms with van der Waals surface area (Å²) >= 11 is 0. The van der Waals surface area contributed by atoms with Crippen molar-refractivity contribution in [2.24, 2.45) is 0 Å².